The maximum atomic E-state index is 12.1. The van der Waals surface area contributed by atoms with Crippen LogP contribution in [0.4, 0.5) is 11.4 Å². The summed E-state index contributed by atoms with van der Waals surface area (Å²) >= 11 is 0. The second kappa shape index (κ2) is 7.21. The van der Waals surface area contributed by atoms with E-state index in [-0.39, 0.29) is 11.3 Å². The fourth-order valence-corrected chi connectivity index (χ4v) is 1.85. The van der Waals surface area contributed by atoms with Crippen LogP contribution in [0.15, 0.2) is 48.5 Å². The van der Waals surface area contributed by atoms with Crippen LogP contribution in [0, 0.1) is 10.1 Å². The van der Waals surface area contributed by atoms with Gasteiger partial charge in [-0.3, -0.25) is 14.9 Å². The van der Waals surface area contributed by atoms with Gasteiger partial charge in [0.1, 0.15) is 5.75 Å². The van der Waals surface area contributed by atoms with Gasteiger partial charge < -0.3 is 10.1 Å². The van der Waals surface area contributed by atoms with Crippen molar-refractivity contribution in [3.05, 3.63) is 64.2 Å². The number of non-ortho nitro benzene ring substituents is 1. The third-order valence-corrected chi connectivity index (χ3v) is 2.88. The predicted octanol–water partition coefficient (Wildman–Crippen LogP) is 3.64. The number of anilines is 1. The number of nitro benzene ring substituents is 1. The molecule has 0 atom stereocenters. The van der Waals surface area contributed by atoms with Crippen molar-refractivity contribution in [3.8, 4) is 5.75 Å². The standard InChI is InChI=1S/C16H16N2O4/c1-2-9-22-15-8-4-6-13(11-15)17-16(19)12-5-3-7-14(10-12)18(20)21/h3-8,10-11H,2,9H2,1H3,(H,17,19). The van der Waals surface area contributed by atoms with Crippen LogP contribution in [0.25, 0.3) is 0 Å². The SMILES string of the molecule is CCCOc1cccc(NC(=O)c2cccc([N+](=O)[O-])c2)c1. The average Bonchev–Trinajstić information content (AvgIpc) is 2.53. The van der Waals surface area contributed by atoms with Crippen LogP contribution in [-0.2, 0) is 0 Å². The Morgan fingerprint density at radius 1 is 1.23 bits per heavy atom. The molecule has 0 aliphatic rings. The third-order valence-electron chi connectivity index (χ3n) is 2.88. The molecule has 6 heteroatoms. The van der Waals surface area contributed by atoms with Gasteiger partial charge in [0.2, 0.25) is 0 Å². The van der Waals surface area contributed by atoms with Crippen molar-refractivity contribution in [1.82, 2.24) is 0 Å². The first kappa shape index (κ1) is 15.5. The number of rotatable bonds is 6. The molecule has 0 heterocycles. The summed E-state index contributed by atoms with van der Waals surface area (Å²) in [6.07, 6.45) is 0.893. The Balaban J connectivity index is 2.11. The average molecular weight is 300 g/mol. The van der Waals surface area contributed by atoms with E-state index in [1.807, 2.05) is 6.92 Å². The molecular formula is C16H16N2O4. The molecule has 0 aliphatic heterocycles. The lowest BCUT2D eigenvalue weighted by molar-refractivity contribution is -0.384. The lowest BCUT2D eigenvalue weighted by atomic mass is 10.2. The Kier molecular flexibility index (Phi) is 5.08. The number of carbonyl (C=O) groups excluding carboxylic acids is 1. The van der Waals surface area contributed by atoms with Crippen molar-refractivity contribution in [2.24, 2.45) is 0 Å². The zero-order valence-corrected chi connectivity index (χ0v) is 12.1. The highest BCUT2D eigenvalue weighted by molar-refractivity contribution is 6.04. The van der Waals surface area contributed by atoms with E-state index in [1.54, 1.807) is 24.3 Å². The number of ether oxygens (including phenoxy) is 1. The highest BCUT2D eigenvalue weighted by Crippen LogP contribution is 2.19. The van der Waals surface area contributed by atoms with Gasteiger partial charge in [-0.25, -0.2) is 0 Å². The largest absolute Gasteiger partial charge is 0.494 e. The minimum absolute atomic E-state index is 0.118. The van der Waals surface area contributed by atoms with Gasteiger partial charge in [0, 0.05) is 29.4 Å². The normalized spacial score (nSPS) is 10.0. The third kappa shape index (κ3) is 4.05. The highest BCUT2D eigenvalue weighted by atomic mass is 16.6. The molecule has 114 valence electrons. The van der Waals surface area contributed by atoms with Crippen LogP contribution in [-0.4, -0.2) is 17.4 Å². The minimum Gasteiger partial charge on any atom is -0.494 e. The Morgan fingerprint density at radius 2 is 2.00 bits per heavy atom. The summed E-state index contributed by atoms with van der Waals surface area (Å²) in [5.41, 5.74) is 0.687. The van der Waals surface area contributed by atoms with E-state index >= 15 is 0 Å². The zero-order valence-electron chi connectivity index (χ0n) is 12.1. The second-order valence-electron chi connectivity index (χ2n) is 4.64. The zero-order chi connectivity index (χ0) is 15.9. The van der Waals surface area contributed by atoms with Crippen LogP contribution < -0.4 is 10.1 Å². The lowest BCUT2D eigenvalue weighted by Gasteiger charge is -2.08. The van der Waals surface area contributed by atoms with E-state index in [9.17, 15) is 14.9 Å². The van der Waals surface area contributed by atoms with Crippen molar-refractivity contribution < 1.29 is 14.5 Å². The molecule has 0 aliphatic carbocycles. The molecule has 2 rings (SSSR count). The molecule has 0 saturated carbocycles. The molecule has 1 N–H and O–H groups in total. The molecule has 2 aromatic rings. The Labute approximate surface area is 127 Å². The first-order valence-electron chi connectivity index (χ1n) is 6.89. The second-order valence-corrected chi connectivity index (χ2v) is 4.64. The lowest BCUT2D eigenvalue weighted by Crippen LogP contribution is -2.12. The van der Waals surface area contributed by atoms with Crippen LogP contribution in [0.3, 0.4) is 0 Å². The number of amides is 1. The molecule has 0 spiro atoms. The van der Waals surface area contributed by atoms with E-state index in [0.29, 0.717) is 18.0 Å². The van der Waals surface area contributed by atoms with E-state index in [0.717, 1.165) is 6.42 Å². The number of carbonyl (C=O) groups is 1. The maximum Gasteiger partial charge on any atom is 0.270 e. The van der Waals surface area contributed by atoms with Gasteiger partial charge in [0.05, 0.1) is 11.5 Å². The number of nitrogens with one attached hydrogen (secondary N) is 1. The quantitative estimate of drug-likeness (QED) is 0.652. The Bertz CT molecular complexity index is 685. The number of hydrogen-bond donors (Lipinski definition) is 1. The summed E-state index contributed by atoms with van der Waals surface area (Å²) in [5, 5.41) is 13.4. The van der Waals surface area contributed by atoms with Gasteiger partial charge in [-0.2, -0.15) is 0 Å². The van der Waals surface area contributed by atoms with Gasteiger partial charge in [-0.1, -0.05) is 19.1 Å². The Hall–Kier alpha value is -2.89. The monoisotopic (exact) mass is 300 g/mol. The molecule has 0 aromatic heterocycles. The summed E-state index contributed by atoms with van der Waals surface area (Å²) in [7, 11) is 0. The molecule has 0 radical (unpaired) electrons. The van der Waals surface area contributed by atoms with Gasteiger partial charge in [-0.15, -0.1) is 0 Å². The van der Waals surface area contributed by atoms with Crippen LogP contribution in [0.1, 0.15) is 23.7 Å². The molecule has 0 bridgehead atoms. The number of nitrogens with zero attached hydrogens (tertiary/aromatic N) is 1. The van der Waals surface area contributed by atoms with E-state index in [4.69, 9.17) is 4.74 Å². The molecule has 22 heavy (non-hydrogen) atoms. The topological polar surface area (TPSA) is 81.5 Å². The number of nitro groups is 1. The smallest absolute Gasteiger partial charge is 0.270 e. The van der Waals surface area contributed by atoms with E-state index in [2.05, 4.69) is 5.32 Å². The Morgan fingerprint density at radius 3 is 2.73 bits per heavy atom. The molecule has 0 saturated heterocycles. The fraction of sp³-hybridized carbons (Fsp3) is 0.188. The first-order valence-corrected chi connectivity index (χ1v) is 6.89. The van der Waals surface area contributed by atoms with Gasteiger partial charge in [-0.05, 0) is 24.6 Å². The first-order chi connectivity index (χ1) is 10.6. The van der Waals surface area contributed by atoms with Crippen molar-refractivity contribution >= 4 is 17.3 Å². The van der Waals surface area contributed by atoms with Crippen LogP contribution >= 0.6 is 0 Å². The van der Waals surface area contributed by atoms with Crippen LogP contribution in [0.5, 0.6) is 5.75 Å². The van der Waals surface area contributed by atoms with Crippen molar-refractivity contribution in [2.75, 3.05) is 11.9 Å². The summed E-state index contributed by atoms with van der Waals surface area (Å²) in [6.45, 7) is 2.61. The van der Waals surface area contributed by atoms with E-state index in [1.165, 1.54) is 24.3 Å². The molecule has 0 fully saturated rings. The fourth-order valence-electron chi connectivity index (χ4n) is 1.85. The highest BCUT2D eigenvalue weighted by Gasteiger charge is 2.11. The summed E-state index contributed by atoms with van der Waals surface area (Å²) in [4.78, 5) is 22.3. The summed E-state index contributed by atoms with van der Waals surface area (Å²) in [6, 6.07) is 12.6. The number of benzene rings is 2. The summed E-state index contributed by atoms with van der Waals surface area (Å²) in [5.74, 6) is 0.259. The maximum absolute atomic E-state index is 12.1. The molecule has 6 nitrogen and oxygen atoms in total. The van der Waals surface area contributed by atoms with E-state index < -0.39 is 10.8 Å². The predicted molar refractivity (Wildman–Crippen MR) is 83.3 cm³/mol. The van der Waals surface area contributed by atoms with Crippen molar-refractivity contribution in [1.29, 1.82) is 0 Å². The van der Waals surface area contributed by atoms with Crippen molar-refractivity contribution in [2.45, 2.75) is 13.3 Å². The van der Waals surface area contributed by atoms with Gasteiger partial charge in [0.15, 0.2) is 0 Å². The molecular weight excluding hydrogens is 284 g/mol. The molecule has 2 aromatic carbocycles. The van der Waals surface area contributed by atoms with Gasteiger partial charge in [0.25, 0.3) is 11.6 Å². The molecule has 0 unspecified atom stereocenters. The van der Waals surface area contributed by atoms with Crippen molar-refractivity contribution in [3.63, 3.8) is 0 Å². The van der Waals surface area contributed by atoms with Gasteiger partial charge >= 0.3 is 0 Å². The summed E-state index contributed by atoms with van der Waals surface area (Å²) < 4.78 is 5.49. The molecule has 1 amide bonds. The number of hydrogen-bond acceptors (Lipinski definition) is 4. The van der Waals surface area contributed by atoms with Crippen LogP contribution in [0.2, 0.25) is 0 Å². The minimum atomic E-state index is -0.532.